The topological polar surface area (TPSA) is 59.2 Å². The number of carbonyl (C=O) groups excluding carboxylic acids is 1. The third kappa shape index (κ3) is 3.75. The highest BCUT2D eigenvalue weighted by molar-refractivity contribution is 7.08. The van der Waals surface area contributed by atoms with Gasteiger partial charge in [0.05, 0.1) is 0 Å². The largest absolute Gasteiger partial charge is 0.420 e. The highest BCUT2D eigenvalue weighted by Crippen LogP contribution is 2.30. The fraction of sp³-hybridized carbons (Fsp3) is 0.250. The fourth-order valence-electron chi connectivity index (χ4n) is 3.09. The third-order valence-electron chi connectivity index (χ3n) is 4.58. The summed E-state index contributed by atoms with van der Waals surface area (Å²) in [6.07, 6.45) is 5.20. The van der Waals surface area contributed by atoms with Crippen LogP contribution in [0.3, 0.4) is 0 Å². The second kappa shape index (κ2) is 7.66. The van der Waals surface area contributed by atoms with Crippen molar-refractivity contribution in [3.05, 3.63) is 64.7 Å². The average molecular weight is 365 g/mol. The molecular formula is C20H19N3O2S. The van der Waals surface area contributed by atoms with E-state index < -0.39 is 0 Å². The highest BCUT2D eigenvalue weighted by Gasteiger charge is 2.26. The van der Waals surface area contributed by atoms with E-state index in [1.54, 1.807) is 17.4 Å². The molecule has 132 valence electrons. The molecule has 1 fully saturated rings. The Morgan fingerprint density at radius 1 is 1.15 bits per heavy atom. The number of rotatable bonds is 4. The molecule has 0 saturated carbocycles. The number of thiophene rings is 1. The molecule has 1 aliphatic heterocycles. The van der Waals surface area contributed by atoms with Gasteiger partial charge in [0.2, 0.25) is 17.7 Å². The number of likely N-dealkylation sites (tertiary alicyclic amines) is 1. The highest BCUT2D eigenvalue weighted by atomic mass is 32.1. The maximum absolute atomic E-state index is 12.4. The zero-order valence-corrected chi connectivity index (χ0v) is 15.1. The number of hydrogen-bond acceptors (Lipinski definition) is 5. The van der Waals surface area contributed by atoms with E-state index in [0.717, 1.165) is 24.0 Å². The number of amides is 1. The number of hydrogen-bond donors (Lipinski definition) is 0. The van der Waals surface area contributed by atoms with Crippen molar-refractivity contribution < 1.29 is 9.21 Å². The summed E-state index contributed by atoms with van der Waals surface area (Å²) in [4.78, 5) is 14.2. The van der Waals surface area contributed by atoms with Crippen LogP contribution in [-0.2, 0) is 4.79 Å². The van der Waals surface area contributed by atoms with E-state index in [1.807, 2.05) is 58.1 Å². The lowest BCUT2D eigenvalue weighted by molar-refractivity contribution is -0.127. The molecule has 1 amide bonds. The second-order valence-corrected chi connectivity index (χ2v) is 7.08. The molecule has 0 unspecified atom stereocenters. The molecule has 3 aromatic rings. The van der Waals surface area contributed by atoms with E-state index in [9.17, 15) is 4.79 Å². The van der Waals surface area contributed by atoms with E-state index in [1.165, 1.54) is 0 Å². The molecule has 0 spiro atoms. The van der Waals surface area contributed by atoms with E-state index in [2.05, 4.69) is 10.2 Å². The van der Waals surface area contributed by atoms with E-state index in [4.69, 9.17) is 4.42 Å². The average Bonchev–Trinajstić information content (AvgIpc) is 3.38. The smallest absolute Gasteiger partial charge is 0.248 e. The zero-order chi connectivity index (χ0) is 17.8. The van der Waals surface area contributed by atoms with Crippen molar-refractivity contribution in [2.24, 2.45) is 0 Å². The van der Waals surface area contributed by atoms with Gasteiger partial charge in [0.25, 0.3) is 0 Å². The molecule has 4 rings (SSSR count). The lowest BCUT2D eigenvalue weighted by Crippen LogP contribution is -2.36. The number of piperidine rings is 1. The van der Waals surface area contributed by atoms with Crippen LogP contribution in [0, 0.1) is 0 Å². The Hall–Kier alpha value is -2.73. The summed E-state index contributed by atoms with van der Waals surface area (Å²) in [5.74, 6) is 1.53. The summed E-state index contributed by atoms with van der Waals surface area (Å²) in [6, 6.07) is 11.8. The molecule has 5 nitrogen and oxygen atoms in total. The van der Waals surface area contributed by atoms with Crippen LogP contribution >= 0.6 is 11.3 Å². The lowest BCUT2D eigenvalue weighted by Gasteiger charge is -2.29. The van der Waals surface area contributed by atoms with Gasteiger partial charge in [-0.1, -0.05) is 30.3 Å². The van der Waals surface area contributed by atoms with Crippen molar-refractivity contribution in [1.82, 2.24) is 15.1 Å². The quantitative estimate of drug-likeness (QED) is 0.650. The van der Waals surface area contributed by atoms with Crippen molar-refractivity contribution in [3.63, 3.8) is 0 Å². The van der Waals surface area contributed by atoms with Crippen LogP contribution in [0.2, 0.25) is 0 Å². The molecule has 26 heavy (non-hydrogen) atoms. The molecule has 2 aromatic heterocycles. The van der Waals surface area contributed by atoms with Crippen molar-refractivity contribution in [2.45, 2.75) is 18.8 Å². The maximum atomic E-state index is 12.4. The molecule has 1 aliphatic rings. The Morgan fingerprint density at radius 2 is 1.96 bits per heavy atom. The SMILES string of the molecule is O=C(/C=C/c1ccccc1)N1CCC(c2nnc(-c3ccsc3)o2)CC1. The number of carbonyl (C=O) groups is 1. The van der Waals surface area contributed by atoms with Gasteiger partial charge in [-0.15, -0.1) is 10.2 Å². The normalized spacial score (nSPS) is 15.6. The summed E-state index contributed by atoms with van der Waals surface area (Å²) in [7, 11) is 0. The molecule has 0 N–H and O–H groups in total. The predicted octanol–water partition coefficient (Wildman–Crippen LogP) is 4.22. The summed E-state index contributed by atoms with van der Waals surface area (Å²) in [5, 5.41) is 12.4. The van der Waals surface area contributed by atoms with Crippen molar-refractivity contribution in [3.8, 4) is 11.5 Å². The molecule has 1 aromatic carbocycles. The monoisotopic (exact) mass is 365 g/mol. The van der Waals surface area contributed by atoms with Crippen molar-refractivity contribution in [1.29, 1.82) is 0 Å². The second-order valence-electron chi connectivity index (χ2n) is 6.30. The van der Waals surface area contributed by atoms with Gasteiger partial charge in [-0.05, 0) is 35.9 Å². The van der Waals surface area contributed by atoms with E-state index in [-0.39, 0.29) is 11.8 Å². The van der Waals surface area contributed by atoms with Gasteiger partial charge >= 0.3 is 0 Å². The lowest BCUT2D eigenvalue weighted by atomic mass is 9.97. The summed E-state index contributed by atoms with van der Waals surface area (Å²) in [6.45, 7) is 1.41. The van der Waals surface area contributed by atoms with Gasteiger partial charge in [-0.3, -0.25) is 4.79 Å². The van der Waals surface area contributed by atoms with Crippen LogP contribution in [0.25, 0.3) is 17.5 Å². The number of benzene rings is 1. The van der Waals surface area contributed by atoms with Crippen LogP contribution in [0.15, 0.2) is 57.7 Å². The van der Waals surface area contributed by atoms with Gasteiger partial charge in [-0.2, -0.15) is 11.3 Å². The Balaban J connectivity index is 1.34. The fourth-order valence-corrected chi connectivity index (χ4v) is 3.72. The Morgan fingerprint density at radius 3 is 2.69 bits per heavy atom. The van der Waals surface area contributed by atoms with Crippen LogP contribution in [-0.4, -0.2) is 34.1 Å². The van der Waals surface area contributed by atoms with E-state index in [0.29, 0.717) is 24.9 Å². The van der Waals surface area contributed by atoms with Crippen LogP contribution < -0.4 is 0 Å². The van der Waals surface area contributed by atoms with Gasteiger partial charge in [0.1, 0.15) is 0 Å². The van der Waals surface area contributed by atoms with Crippen LogP contribution in [0.5, 0.6) is 0 Å². The first-order valence-electron chi connectivity index (χ1n) is 8.67. The predicted molar refractivity (Wildman–Crippen MR) is 102 cm³/mol. The summed E-state index contributed by atoms with van der Waals surface area (Å²) >= 11 is 1.61. The summed E-state index contributed by atoms with van der Waals surface area (Å²) in [5.41, 5.74) is 2.00. The maximum Gasteiger partial charge on any atom is 0.248 e. The van der Waals surface area contributed by atoms with Crippen LogP contribution in [0.1, 0.15) is 30.2 Å². The van der Waals surface area contributed by atoms with Crippen molar-refractivity contribution in [2.75, 3.05) is 13.1 Å². The Labute approximate surface area is 156 Å². The van der Waals surface area contributed by atoms with Gasteiger partial charge < -0.3 is 9.32 Å². The minimum Gasteiger partial charge on any atom is -0.420 e. The molecule has 0 aliphatic carbocycles. The first-order chi connectivity index (χ1) is 12.8. The van der Waals surface area contributed by atoms with Crippen molar-refractivity contribution >= 4 is 23.3 Å². The van der Waals surface area contributed by atoms with E-state index >= 15 is 0 Å². The first-order valence-corrected chi connectivity index (χ1v) is 9.62. The molecule has 6 heteroatoms. The Bertz CT molecular complexity index is 879. The standard InChI is InChI=1S/C20H19N3O2S/c24-18(7-6-15-4-2-1-3-5-15)23-11-8-16(9-12-23)19-21-22-20(25-19)17-10-13-26-14-17/h1-7,10,13-14,16H,8-9,11-12H2/b7-6+. The molecule has 0 atom stereocenters. The zero-order valence-electron chi connectivity index (χ0n) is 14.2. The van der Waals surface area contributed by atoms with Gasteiger partial charge in [0, 0.05) is 36.0 Å². The van der Waals surface area contributed by atoms with Gasteiger partial charge in [-0.25, -0.2) is 0 Å². The number of aromatic nitrogens is 2. The molecule has 0 radical (unpaired) electrons. The first kappa shape index (κ1) is 16.7. The molecule has 0 bridgehead atoms. The third-order valence-corrected chi connectivity index (χ3v) is 5.27. The number of nitrogens with zero attached hydrogens (tertiary/aromatic N) is 3. The minimum atomic E-state index is 0.0526. The minimum absolute atomic E-state index is 0.0526. The summed E-state index contributed by atoms with van der Waals surface area (Å²) < 4.78 is 5.84. The van der Waals surface area contributed by atoms with Gasteiger partial charge in [0.15, 0.2) is 0 Å². The molecular weight excluding hydrogens is 346 g/mol. The van der Waals surface area contributed by atoms with Crippen LogP contribution in [0.4, 0.5) is 0 Å². The molecule has 3 heterocycles. The molecule has 1 saturated heterocycles. The Kier molecular flexibility index (Phi) is 4.93.